The fourth-order valence-electron chi connectivity index (χ4n) is 0.889. The molecule has 0 saturated carbocycles. The van der Waals surface area contributed by atoms with Gasteiger partial charge in [0.05, 0.1) is 11.9 Å². The van der Waals surface area contributed by atoms with Crippen molar-refractivity contribution in [3.05, 3.63) is 22.9 Å². The summed E-state index contributed by atoms with van der Waals surface area (Å²) in [5.41, 5.74) is 6.23. The monoisotopic (exact) mass is 271 g/mol. The lowest BCUT2D eigenvalue weighted by Crippen LogP contribution is -1.91. The number of nitrogens with zero attached hydrogens (tertiary/aromatic N) is 3. The van der Waals surface area contributed by atoms with Gasteiger partial charge in [0.15, 0.2) is 0 Å². The molecule has 7 heteroatoms. The Labute approximate surface area is 92.7 Å². The number of nitrogens with one attached hydrogen (secondary N) is 1. The highest BCUT2D eigenvalue weighted by molar-refractivity contribution is 9.10. The number of pyridine rings is 1. The first-order valence-corrected chi connectivity index (χ1v) is 5.27. The highest BCUT2D eigenvalue weighted by Gasteiger charge is 2.01. The molecule has 0 amide bonds. The minimum atomic E-state index is 0.278. The van der Waals surface area contributed by atoms with Gasteiger partial charge in [-0.2, -0.15) is 9.36 Å². The molecule has 72 valence electrons. The van der Waals surface area contributed by atoms with E-state index in [1.54, 1.807) is 12.4 Å². The van der Waals surface area contributed by atoms with Gasteiger partial charge < -0.3 is 11.1 Å². The van der Waals surface area contributed by atoms with Crippen LogP contribution in [0.2, 0.25) is 0 Å². The lowest BCUT2D eigenvalue weighted by atomic mass is 10.4. The molecule has 0 saturated heterocycles. The van der Waals surface area contributed by atoms with Gasteiger partial charge in [0, 0.05) is 22.2 Å². The van der Waals surface area contributed by atoms with E-state index in [0.717, 1.165) is 10.2 Å². The highest BCUT2D eigenvalue weighted by atomic mass is 79.9. The number of nitrogen functional groups attached to an aromatic ring is 1. The second-order valence-corrected chi connectivity index (χ2v) is 4.14. The molecule has 0 aliphatic rings. The van der Waals surface area contributed by atoms with Gasteiger partial charge >= 0.3 is 0 Å². The first-order chi connectivity index (χ1) is 6.74. The van der Waals surface area contributed by atoms with E-state index in [1.807, 2.05) is 6.07 Å². The summed E-state index contributed by atoms with van der Waals surface area (Å²) in [5.74, 6) is 0.278. The summed E-state index contributed by atoms with van der Waals surface area (Å²) >= 11 is 4.53. The minimum absolute atomic E-state index is 0.278. The summed E-state index contributed by atoms with van der Waals surface area (Å²) in [6, 6.07) is 1.89. The molecule has 0 bridgehead atoms. The number of hydrogen-bond donors (Lipinski definition) is 2. The molecule has 0 aromatic carbocycles. The average molecular weight is 272 g/mol. The SMILES string of the molecule is Nc1nsc(Nc2cncc(Br)c2)n1. The topological polar surface area (TPSA) is 76.7 Å². The summed E-state index contributed by atoms with van der Waals surface area (Å²) in [6.07, 6.45) is 3.40. The van der Waals surface area contributed by atoms with Crippen LogP contribution in [0.4, 0.5) is 16.8 Å². The molecule has 2 rings (SSSR count). The molecule has 2 aromatic heterocycles. The van der Waals surface area contributed by atoms with Gasteiger partial charge in [-0.1, -0.05) is 0 Å². The minimum Gasteiger partial charge on any atom is -0.367 e. The lowest BCUT2D eigenvalue weighted by Gasteiger charge is -2.00. The molecule has 0 aliphatic carbocycles. The Hall–Kier alpha value is -1.21. The number of halogens is 1. The number of aromatic nitrogens is 3. The van der Waals surface area contributed by atoms with Crippen LogP contribution in [-0.2, 0) is 0 Å². The summed E-state index contributed by atoms with van der Waals surface area (Å²) < 4.78 is 4.75. The maximum atomic E-state index is 5.39. The molecule has 0 fully saturated rings. The first kappa shape index (κ1) is 9.35. The van der Waals surface area contributed by atoms with Crippen LogP contribution in [0.1, 0.15) is 0 Å². The molecule has 0 atom stereocenters. The Morgan fingerprint density at radius 1 is 1.43 bits per heavy atom. The van der Waals surface area contributed by atoms with Gasteiger partial charge in [-0.05, 0) is 22.0 Å². The van der Waals surface area contributed by atoms with E-state index in [2.05, 4.69) is 35.6 Å². The number of hydrogen-bond acceptors (Lipinski definition) is 6. The van der Waals surface area contributed by atoms with E-state index in [1.165, 1.54) is 11.5 Å². The molecular weight excluding hydrogens is 266 g/mol. The Balaban J connectivity index is 2.18. The second-order valence-electron chi connectivity index (χ2n) is 2.47. The van der Waals surface area contributed by atoms with Crippen LogP contribution in [0, 0.1) is 0 Å². The fourth-order valence-corrected chi connectivity index (χ4v) is 1.77. The highest BCUT2D eigenvalue weighted by Crippen LogP contribution is 2.20. The Morgan fingerprint density at radius 2 is 2.29 bits per heavy atom. The molecule has 0 spiro atoms. The summed E-state index contributed by atoms with van der Waals surface area (Å²) in [5, 5.41) is 3.69. The Bertz CT molecular complexity index is 443. The standard InChI is InChI=1S/C7H6BrN5S/c8-4-1-5(3-10-2-4)11-7-12-6(9)13-14-7/h1-3H,(H3,9,11,12,13). The van der Waals surface area contributed by atoms with Crippen molar-refractivity contribution in [3.63, 3.8) is 0 Å². The quantitative estimate of drug-likeness (QED) is 0.874. The van der Waals surface area contributed by atoms with E-state index in [9.17, 15) is 0 Å². The molecular formula is C7H6BrN5S. The maximum Gasteiger partial charge on any atom is 0.233 e. The Morgan fingerprint density at radius 3 is 2.93 bits per heavy atom. The van der Waals surface area contributed by atoms with Crippen LogP contribution in [0.25, 0.3) is 0 Å². The molecule has 0 unspecified atom stereocenters. The lowest BCUT2D eigenvalue weighted by molar-refractivity contribution is 1.29. The second kappa shape index (κ2) is 3.89. The summed E-state index contributed by atoms with van der Waals surface area (Å²) in [6.45, 7) is 0. The molecule has 0 radical (unpaired) electrons. The van der Waals surface area contributed by atoms with Gasteiger partial charge in [-0.25, -0.2) is 0 Å². The Kier molecular flexibility index (Phi) is 2.60. The smallest absolute Gasteiger partial charge is 0.233 e. The third-order valence-electron chi connectivity index (χ3n) is 1.40. The molecule has 2 aromatic rings. The zero-order valence-electron chi connectivity index (χ0n) is 6.94. The van der Waals surface area contributed by atoms with Crippen molar-refractivity contribution >= 4 is 44.2 Å². The van der Waals surface area contributed by atoms with Crippen molar-refractivity contribution < 1.29 is 0 Å². The zero-order chi connectivity index (χ0) is 9.97. The van der Waals surface area contributed by atoms with Gasteiger partial charge in [0.1, 0.15) is 0 Å². The van der Waals surface area contributed by atoms with Gasteiger partial charge in [0.25, 0.3) is 0 Å². The predicted molar refractivity (Wildman–Crippen MR) is 59.5 cm³/mol. The van der Waals surface area contributed by atoms with Crippen molar-refractivity contribution in [3.8, 4) is 0 Å². The maximum absolute atomic E-state index is 5.39. The van der Waals surface area contributed by atoms with E-state index >= 15 is 0 Å². The van der Waals surface area contributed by atoms with Gasteiger partial charge in [-0.15, -0.1) is 0 Å². The molecule has 14 heavy (non-hydrogen) atoms. The fraction of sp³-hybridized carbons (Fsp3) is 0. The average Bonchev–Trinajstić information content (AvgIpc) is 2.51. The zero-order valence-corrected chi connectivity index (χ0v) is 9.34. The van der Waals surface area contributed by atoms with Crippen LogP contribution < -0.4 is 11.1 Å². The van der Waals surface area contributed by atoms with E-state index in [4.69, 9.17) is 5.73 Å². The van der Waals surface area contributed by atoms with Gasteiger partial charge in [-0.3, -0.25) is 4.98 Å². The van der Waals surface area contributed by atoms with Crippen LogP contribution in [0.15, 0.2) is 22.9 Å². The number of nitrogens with two attached hydrogens (primary N) is 1. The van der Waals surface area contributed by atoms with Crippen LogP contribution in [0.3, 0.4) is 0 Å². The van der Waals surface area contributed by atoms with Crippen LogP contribution in [-0.4, -0.2) is 14.3 Å². The van der Waals surface area contributed by atoms with E-state index in [-0.39, 0.29) is 5.95 Å². The predicted octanol–water partition coefficient (Wildman–Crippen LogP) is 2.02. The molecule has 0 aliphatic heterocycles. The third-order valence-corrected chi connectivity index (χ3v) is 2.48. The normalized spacial score (nSPS) is 10.1. The van der Waals surface area contributed by atoms with Gasteiger partial charge in [0.2, 0.25) is 11.1 Å². The van der Waals surface area contributed by atoms with Crippen molar-refractivity contribution in [1.82, 2.24) is 14.3 Å². The number of rotatable bonds is 2. The van der Waals surface area contributed by atoms with Crippen molar-refractivity contribution in [2.45, 2.75) is 0 Å². The van der Waals surface area contributed by atoms with E-state index in [0.29, 0.717) is 5.13 Å². The van der Waals surface area contributed by atoms with Crippen molar-refractivity contribution in [1.29, 1.82) is 0 Å². The number of anilines is 3. The largest absolute Gasteiger partial charge is 0.367 e. The van der Waals surface area contributed by atoms with E-state index < -0.39 is 0 Å². The summed E-state index contributed by atoms with van der Waals surface area (Å²) in [7, 11) is 0. The first-order valence-electron chi connectivity index (χ1n) is 3.71. The van der Waals surface area contributed by atoms with Crippen molar-refractivity contribution in [2.24, 2.45) is 0 Å². The van der Waals surface area contributed by atoms with Crippen molar-refractivity contribution in [2.75, 3.05) is 11.1 Å². The summed E-state index contributed by atoms with van der Waals surface area (Å²) in [4.78, 5) is 7.97. The van der Waals surface area contributed by atoms with Crippen LogP contribution >= 0.6 is 27.5 Å². The molecule has 2 heterocycles. The molecule has 3 N–H and O–H groups in total. The van der Waals surface area contributed by atoms with Crippen LogP contribution in [0.5, 0.6) is 0 Å². The molecule has 5 nitrogen and oxygen atoms in total. The third kappa shape index (κ3) is 2.18.